The van der Waals surface area contributed by atoms with Crippen LogP contribution >= 0.6 is 0 Å². The van der Waals surface area contributed by atoms with Gasteiger partial charge in [0, 0.05) is 19.0 Å². The lowest BCUT2D eigenvalue weighted by Crippen LogP contribution is -2.16. The highest BCUT2D eigenvalue weighted by molar-refractivity contribution is 5.91. The van der Waals surface area contributed by atoms with Gasteiger partial charge in [0.25, 0.3) is 0 Å². The SMILES string of the molecule is CCn1c(NC(=O)CCc2cc(OC)cc(OC)c2)nc2ccccc21. The highest BCUT2D eigenvalue weighted by Gasteiger charge is 2.12. The fourth-order valence-corrected chi connectivity index (χ4v) is 2.95. The summed E-state index contributed by atoms with van der Waals surface area (Å²) >= 11 is 0. The van der Waals surface area contributed by atoms with E-state index in [1.165, 1.54) is 0 Å². The van der Waals surface area contributed by atoms with E-state index in [1.807, 2.05) is 54.0 Å². The quantitative estimate of drug-likeness (QED) is 0.704. The minimum Gasteiger partial charge on any atom is -0.497 e. The van der Waals surface area contributed by atoms with Gasteiger partial charge in [-0.3, -0.25) is 10.1 Å². The van der Waals surface area contributed by atoms with Gasteiger partial charge in [-0.25, -0.2) is 4.98 Å². The summed E-state index contributed by atoms with van der Waals surface area (Å²) in [6.45, 7) is 2.77. The van der Waals surface area contributed by atoms with Gasteiger partial charge in [-0.2, -0.15) is 0 Å². The number of imidazole rings is 1. The van der Waals surface area contributed by atoms with Crippen molar-refractivity contribution in [3.8, 4) is 11.5 Å². The van der Waals surface area contributed by atoms with Crippen LogP contribution in [0.5, 0.6) is 11.5 Å². The first-order valence-corrected chi connectivity index (χ1v) is 8.61. The number of hydrogen-bond acceptors (Lipinski definition) is 4. The second-order valence-electron chi connectivity index (χ2n) is 5.94. The molecule has 6 heteroatoms. The third-order valence-corrected chi connectivity index (χ3v) is 4.27. The number of carbonyl (C=O) groups is 1. The Balaban J connectivity index is 1.70. The molecule has 0 saturated carbocycles. The largest absolute Gasteiger partial charge is 0.497 e. The second-order valence-corrected chi connectivity index (χ2v) is 5.94. The summed E-state index contributed by atoms with van der Waals surface area (Å²) in [5.41, 5.74) is 2.88. The number of anilines is 1. The lowest BCUT2D eigenvalue weighted by Gasteiger charge is -2.09. The van der Waals surface area contributed by atoms with Gasteiger partial charge in [0.05, 0.1) is 25.3 Å². The van der Waals surface area contributed by atoms with Crippen molar-refractivity contribution in [1.29, 1.82) is 0 Å². The Hall–Kier alpha value is -3.02. The first-order chi connectivity index (χ1) is 12.6. The number of para-hydroxylation sites is 2. The summed E-state index contributed by atoms with van der Waals surface area (Å²) in [5.74, 6) is 1.94. The molecule has 0 aliphatic carbocycles. The Morgan fingerprint density at radius 3 is 2.46 bits per heavy atom. The van der Waals surface area contributed by atoms with Crippen molar-refractivity contribution in [2.45, 2.75) is 26.3 Å². The molecular weight excluding hydrogens is 330 g/mol. The predicted molar refractivity (Wildman–Crippen MR) is 102 cm³/mol. The predicted octanol–water partition coefficient (Wildman–Crippen LogP) is 3.64. The minimum atomic E-state index is -0.0724. The van der Waals surface area contributed by atoms with Crippen LogP contribution in [-0.2, 0) is 17.8 Å². The normalized spacial score (nSPS) is 10.7. The molecule has 0 bridgehead atoms. The van der Waals surface area contributed by atoms with Crippen LogP contribution in [0.25, 0.3) is 11.0 Å². The Morgan fingerprint density at radius 1 is 1.12 bits per heavy atom. The van der Waals surface area contributed by atoms with Crippen molar-refractivity contribution in [3.05, 3.63) is 48.0 Å². The Kier molecular flexibility index (Phi) is 5.41. The van der Waals surface area contributed by atoms with E-state index in [9.17, 15) is 4.79 Å². The number of fused-ring (bicyclic) bond motifs is 1. The molecule has 0 radical (unpaired) electrons. The lowest BCUT2D eigenvalue weighted by molar-refractivity contribution is -0.116. The second kappa shape index (κ2) is 7.91. The zero-order chi connectivity index (χ0) is 18.5. The molecule has 26 heavy (non-hydrogen) atoms. The van der Waals surface area contributed by atoms with Gasteiger partial charge in [0.2, 0.25) is 11.9 Å². The third-order valence-electron chi connectivity index (χ3n) is 4.27. The van der Waals surface area contributed by atoms with Crippen LogP contribution in [0.4, 0.5) is 5.95 Å². The first kappa shape index (κ1) is 17.8. The van der Waals surface area contributed by atoms with Crippen LogP contribution in [0.3, 0.4) is 0 Å². The molecule has 6 nitrogen and oxygen atoms in total. The zero-order valence-corrected chi connectivity index (χ0v) is 15.3. The van der Waals surface area contributed by atoms with E-state index >= 15 is 0 Å². The zero-order valence-electron chi connectivity index (χ0n) is 15.3. The smallest absolute Gasteiger partial charge is 0.227 e. The maximum absolute atomic E-state index is 12.4. The van der Waals surface area contributed by atoms with Gasteiger partial charge >= 0.3 is 0 Å². The molecule has 1 heterocycles. The summed E-state index contributed by atoms with van der Waals surface area (Å²) in [7, 11) is 3.22. The summed E-state index contributed by atoms with van der Waals surface area (Å²) in [6, 6.07) is 13.5. The molecule has 0 spiro atoms. The number of hydrogen-bond donors (Lipinski definition) is 1. The summed E-state index contributed by atoms with van der Waals surface area (Å²) in [4.78, 5) is 16.9. The average molecular weight is 353 g/mol. The fourth-order valence-electron chi connectivity index (χ4n) is 2.95. The molecule has 1 N–H and O–H groups in total. The van der Waals surface area contributed by atoms with E-state index in [0.717, 1.165) is 23.1 Å². The highest BCUT2D eigenvalue weighted by atomic mass is 16.5. The Labute approximate surface area is 152 Å². The molecule has 3 aromatic rings. The first-order valence-electron chi connectivity index (χ1n) is 8.61. The number of benzene rings is 2. The molecule has 0 atom stereocenters. The van der Waals surface area contributed by atoms with Crippen LogP contribution in [0.2, 0.25) is 0 Å². The van der Waals surface area contributed by atoms with Crippen molar-refractivity contribution < 1.29 is 14.3 Å². The molecule has 2 aromatic carbocycles. The van der Waals surface area contributed by atoms with E-state index in [2.05, 4.69) is 10.3 Å². The number of nitrogens with one attached hydrogen (secondary N) is 1. The summed E-state index contributed by atoms with van der Waals surface area (Å²) < 4.78 is 12.5. The molecule has 0 fully saturated rings. The molecule has 0 aliphatic rings. The molecule has 136 valence electrons. The van der Waals surface area contributed by atoms with E-state index in [4.69, 9.17) is 9.47 Å². The molecule has 1 aromatic heterocycles. The van der Waals surface area contributed by atoms with Crippen molar-refractivity contribution in [1.82, 2.24) is 9.55 Å². The van der Waals surface area contributed by atoms with Crippen molar-refractivity contribution in [2.24, 2.45) is 0 Å². The topological polar surface area (TPSA) is 65.4 Å². The summed E-state index contributed by atoms with van der Waals surface area (Å²) in [5, 5.41) is 2.93. The number of aromatic nitrogens is 2. The van der Waals surface area contributed by atoms with Crippen molar-refractivity contribution >= 4 is 22.9 Å². The third kappa shape index (κ3) is 3.79. The molecule has 0 aliphatic heterocycles. The molecule has 0 saturated heterocycles. The average Bonchev–Trinajstić information content (AvgIpc) is 3.02. The number of amides is 1. The molecule has 0 unspecified atom stereocenters. The van der Waals surface area contributed by atoms with E-state index in [0.29, 0.717) is 30.3 Å². The van der Waals surface area contributed by atoms with Gasteiger partial charge in [0.15, 0.2) is 0 Å². The number of nitrogens with zero attached hydrogens (tertiary/aromatic N) is 2. The number of aryl methyl sites for hydroxylation is 2. The van der Waals surface area contributed by atoms with Crippen LogP contribution in [0.1, 0.15) is 18.9 Å². The van der Waals surface area contributed by atoms with Gasteiger partial charge in [0.1, 0.15) is 11.5 Å². The van der Waals surface area contributed by atoms with Crippen molar-refractivity contribution in [2.75, 3.05) is 19.5 Å². The standard InChI is InChI=1S/C20H23N3O3/c1-4-23-18-8-6-5-7-17(18)21-20(23)22-19(24)10-9-14-11-15(25-2)13-16(12-14)26-3/h5-8,11-13H,4,9-10H2,1-3H3,(H,21,22,24). The highest BCUT2D eigenvalue weighted by Crippen LogP contribution is 2.24. The molecular formula is C20H23N3O3. The van der Waals surface area contributed by atoms with E-state index in [-0.39, 0.29) is 5.91 Å². The number of rotatable bonds is 7. The van der Waals surface area contributed by atoms with E-state index < -0.39 is 0 Å². The van der Waals surface area contributed by atoms with Gasteiger partial charge in [-0.15, -0.1) is 0 Å². The van der Waals surface area contributed by atoms with Crippen LogP contribution < -0.4 is 14.8 Å². The van der Waals surface area contributed by atoms with Crippen LogP contribution in [0, 0.1) is 0 Å². The van der Waals surface area contributed by atoms with Gasteiger partial charge < -0.3 is 14.0 Å². The van der Waals surface area contributed by atoms with Gasteiger partial charge in [-0.1, -0.05) is 12.1 Å². The Morgan fingerprint density at radius 2 is 1.81 bits per heavy atom. The monoisotopic (exact) mass is 353 g/mol. The van der Waals surface area contributed by atoms with E-state index in [1.54, 1.807) is 14.2 Å². The van der Waals surface area contributed by atoms with Crippen molar-refractivity contribution in [3.63, 3.8) is 0 Å². The number of methoxy groups -OCH3 is 2. The van der Waals surface area contributed by atoms with Gasteiger partial charge in [-0.05, 0) is 43.2 Å². The molecule has 3 rings (SSSR count). The maximum atomic E-state index is 12.4. The molecule has 1 amide bonds. The fraction of sp³-hybridized carbons (Fsp3) is 0.300. The minimum absolute atomic E-state index is 0.0724. The Bertz CT molecular complexity index is 896. The lowest BCUT2D eigenvalue weighted by atomic mass is 10.1. The maximum Gasteiger partial charge on any atom is 0.227 e. The summed E-state index contributed by atoms with van der Waals surface area (Å²) in [6.07, 6.45) is 0.939. The number of ether oxygens (including phenoxy) is 2. The van der Waals surface area contributed by atoms with Crippen LogP contribution in [0.15, 0.2) is 42.5 Å². The number of carbonyl (C=O) groups excluding carboxylic acids is 1. The van der Waals surface area contributed by atoms with Crippen LogP contribution in [-0.4, -0.2) is 29.7 Å².